The highest BCUT2D eigenvalue weighted by Crippen LogP contribution is 2.38. The number of rotatable bonds is 4. The average molecular weight is 563 g/mol. The third kappa shape index (κ3) is 5.06. The molecule has 0 N–H and O–H groups in total. The molecule has 1 aliphatic rings. The molecule has 3 aromatic carbocycles. The fraction of sp³-hybridized carbons (Fsp3) is 0.351. The first-order valence-electron chi connectivity index (χ1n) is 16.1. The summed E-state index contributed by atoms with van der Waals surface area (Å²) in [6.45, 7) is 15.1. The predicted octanol–water partition coefficient (Wildman–Crippen LogP) is 9.35. The topological polar surface area (TPSA) is 48.6 Å². The normalized spacial score (nSPS) is 17.1. The molecule has 0 spiro atoms. The van der Waals surface area contributed by atoms with E-state index in [2.05, 4.69) is 93.6 Å². The lowest BCUT2D eigenvalue weighted by atomic mass is 9.86. The van der Waals surface area contributed by atoms with E-state index in [-0.39, 0.29) is 17.4 Å². The summed E-state index contributed by atoms with van der Waals surface area (Å²) in [5.74, 6) is 2.54. The number of aromatic nitrogens is 2. The van der Waals surface area contributed by atoms with Gasteiger partial charge in [0, 0.05) is 32.7 Å². The molecule has 0 aliphatic carbocycles. The highest BCUT2D eigenvalue weighted by atomic mass is 16.5. The fourth-order valence-electron chi connectivity index (χ4n) is 5.61. The van der Waals surface area contributed by atoms with E-state index in [0.717, 1.165) is 38.9 Å². The first-order valence-corrected chi connectivity index (χ1v) is 14.6. The molecule has 2 aromatic heterocycles. The van der Waals surface area contributed by atoms with Crippen LogP contribution in [-0.2, 0) is 15.6 Å². The van der Waals surface area contributed by atoms with Gasteiger partial charge in [-0.2, -0.15) is 0 Å². The molecule has 6 rings (SSSR count). The van der Waals surface area contributed by atoms with Gasteiger partial charge in [-0.05, 0) is 96.2 Å². The van der Waals surface area contributed by atoms with Gasteiger partial charge < -0.3 is 9.47 Å². The van der Waals surface area contributed by atoms with Crippen molar-refractivity contribution >= 4 is 27.7 Å². The molecule has 0 bridgehead atoms. The molecule has 0 amide bonds. The minimum atomic E-state index is -2.21. The lowest BCUT2D eigenvalue weighted by Crippen LogP contribution is -2.12. The molecule has 216 valence electrons. The van der Waals surface area contributed by atoms with Crippen LogP contribution in [0.3, 0.4) is 0 Å². The van der Waals surface area contributed by atoms with Crippen LogP contribution in [0.15, 0.2) is 71.9 Å². The van der Waals surface area contributed by atoms with E-state index >= 15 is 0 Å². The fourth-order valence-corrected chi connectivity index (χ4v) is 5.61. The number of fused-ring (bicyclic) bond motifs is 3. The maximum Gasteiger partial charge on any atom is 0.216 e. The van der Waals surface area contributed by atoms with Gasteiger partial charge in [0.15, 0.2) is 0 Å². The van der Waals surface area contributed by atoms with E-state index in [1.54, 1.807) is 0 Å². The number of aliphatic imine (C=N–C) groups is 1. The summed E-state index contributed by atoms with van der Waals surface area (Å²) in [5, 5.41) is 2.29. The highest BCUT2D eigenvalue weighted by Gasteiger charge is 2.22. The van der Waals surface area contributed by atoms with Gasteiger partial charge in [0.05, 0.1) is 17.1 Å². The van der Waals surface area contributed by atoms with Crippen LogP contribution < -0.4 is 4.74 Å². The lowest BCUT2D eigenvalue weighted by molar-refractivity contribution is 0.324. The summed E-state index contributed by atoms with van der Waals surface area (Å²) in [6.07, 6.45) is 1.89. The lowest BCUT2D eigenvalue weighted by Gasteiger charge is -2.20. The summed E-state index contributed by atoms with van der Waals surface area (Å²) in [6, 6.07) is 20.2. The summed E-state index contributed by atoms with van der Waals surface area (Å²) < 4.78 is 37.8. The molecule has 42 heavy (non-hydrogen) atoms. The number of benzene rings is 3. The molecule has 0 unspecified atom stereocenters. The molecule has 5 heteroatoms. The van der Waals surface area contributed by atoms with Gasteiger partial charge in [-0.3, -0.25) is 4.57 Å². The quantitative estimate of drug-likeness (QED) is 0.219. The van der Waals surface area contributed by atoms with E-state index in [9.17, 15) is 0 Å². The Kier molecular flexibility index (Phi) is 5.83. The number of nitrogens with zero attached hydrogens (tertiary/aromatic N) is 3. The van der Waals surface area contributed by atoms with Crippen LogP contribution in [-0.4, -0.2) is 28.1 Å². The minimum Gasteiger partial charge on any atom is -0.475 e. The van der Waals surface area contributed by atoms with Crippen molar-refractivity contribution in [2.45, 2.75) is 79.1 Å². The molecule has 3 heterocycles. The zero-order chi connectivity index (χ0) is 32.5. The van der Waals surface area contributed by atoms with Crippen LogP contribution in [0.4, 0.5) is 0 Å². The van der Waals surface area contributed by atoms with E-state index in [4.69, 9.17) is 18.6 Å². The van der Waals surface area contributed by atoms with Crippen LogP contribution in [0.1, 0.15) is 80.3 Å². The van der Waals surface area contributed by atoms with Crippen LogP contribution in [0.5, 0.6) is 11.5 Å². The van der Waals surface area contributed by atoms with Crippen molar-refractivity contribution in [1.82, 2.24) is 9.55 Å². The maximum atomic E-state index is 7.74. The first-order chi connectivity index (χ1) is 21.0. The standard InChI is InChI=1S/C37H41N3O2/c1-22-16-23(2)33(20-29(22)35-39-24(3)21-41-35)42-27-11-12-28-30-17-25(36(4,5)6)10-13-31(30)40(32(28)19-27)34-18-26(14-15-38-34)37(7,8)9/h10-20,24H,21H2,1-9H3/t24-/m1/s1/i3D3. The smallest absolute Gasteiger partial charge is 0.216 e. The Morgan fingerprint density at radius 3 is 2.31 bits per heavy atom. The summed E-state index contributed by atoms with van der Waals surface area (Å²) in [5.41, 5.74) is 7.18. The van der Waals surface area contributed by atoms with Gasteiger partial charge >= 0.3 is 0 Å². The van der Waals surface area contributed by atoms with Crippen molar-refractivity contribution in [1.29, 1.82) is 0 Å². The Labute approximate surface area is 253 Å². The second-order valence-corrected chi connectivity index (χ2v) is 13.4. The van der Waals surface area contributed by atoms with Gasteiger partial charge in [0.1, 0.15) is 23.9 Å². The summed E-state index contributed by atoms with van der Waals surface area (Å²) >= 11 is 0. The van der Waals surface area contributed by atoms with Gasteiger partial charge in [0.2, 0.25) is 5.90 Å². The van der Waals surface area contributed by atoms with Crippen molar-refractivity contribution in [3.05, 3.63) is 94.7 Å². The first kappa shape index (κ1) is 24.5. The Balaban J connectivity index is 1.49. The van der Waals surface area contributed by atoms with Crippen molar-refractivity contribution < 1.29 is 13.6 Å². The maximum absolute atomic E-state index is 7.74. The zero-order valence-electron chi connectivity index (χ0n) is 28.8. The largest absolute Gasteiger partial charge is 0.475 e. The van der Waals surface area contributed by atoms with E-state index in [1.807, 2.05) is 38.2 Å². The number of hydrogen-bond acceptors (Lipinski definition) is 4. The Morgan fingerprint density at radius 1 is 0.833 bits per heavy atom. The van der Waals surface area contributed by atoms with Crippen LogP contribution in [0.2, 0.25) is 0 Å². The molecule has 5 aromatic rings. The summed E-state index contributed by atoms with van der Waals surface area (Å²) in [7, 11) is 0. The van der Waals surface area contributed by atoms with Crippen molar-refractivity contribution in [2.24, 2.45) is 4.99 Å². The van der Waals surface area contributed by atoms with Crippen molar-refractivity contribution in [3.8, 4) is 17.3 Å². The second kappa shape index (κ2) is 10.0. The molecular weight excluding hydrogens is 518 g/mol. The van der Waals surface area contributed by atoms with Crippen LogP contribution in [0.25, 0.3) is 27.6 Å². The number of pyridine rings is 1. The molecule has 5 nitrogen and oxygen atoms in total. The Hall–Kier alpha value is -4.12. The number of hydrogen-bond donors (Lipinski definition) is 0. The number of ether oxygens (including phenoxy) is 2. The monoisotopic (exact) mass is 562 g/mol. The van der Waals surface area contributed by atoms with Crippen LogP contribution >= 0.6 is 0 Å². The van der Waals surface area contributed by atoms with E-state index < -0.39 is 12.9 Å². The van der Waals surface area contributed by atoms with E-state index in [1.165, 1.54) is 16.5 Å². The van der Waals surface area contributed by atoms with Crippen molar-refractivity contribution in [3.63, 3.8) is 0 Å². The molecule has 0 saturated heterocycles. The van der Waals surface area contributed by atoms with Gasteiger partial charge in [0.25, 0.3) is 0 Å². The zero-order valence-corrected chi connectivity index (χ0v) is 25.8. The average Bonchev–Trinajstić information content (AvgIpc) is 3.57. The third-order valence-electron chi connectivity index (χ3n) is 8.08. The van der Waals surface area contributed by atoms with Gasteiger partial charge in [-0.1, -0.05) is 53.7 Å². The van der Waals surface area contributed by atoms with Gasteiger partial charge in [-0.15, -0.1) is 0 Å². The second-order valence-electron chi connectivity index (χ2n) is 13.4. The van der Waals surface area contributed by atoms with Crippen LogP contribution in [0, 0.1) is 13.8 Å². The molecular formula is C37H41N3O2. The molecule has 1 atom stereocenters. The van der Waals surface area contributed by atoms with E-state index in [0.29, 0.717) is 17.4 Å². The summed E-state index contributed by atoms with van der Waals surface area (Å²) in [4.78, 5) is 9.23. The molecule has 0 saturated carbocycles. The molecule has 1 aliphatic heterocycles. The molecule has 0 fully saturated rings. The Morgan fingerprint density at radius 2 is 1.60 bits per heavy atom. The molecule has 0 radical (unpaired) electrons. The SMILES string of the molecule is [2H]C([2H])([2H])[C@@H]1COC(c2cc(Oc3ccc4c5cc(C(C)(C)C)ccc5n(-c5cc(C(C)(C)C)ccn5)c4c3)c(C)cc2C)=N1. The minimum absolute atomic E-state index is 0.00752. The third-order valence-corrected chi connectivity index (χ3v) is 8.08. The number of aryl methyl sites for hydroxylation is 2. The predicted molar refractivity (Wildman–Crippen MR) is 174 cm³/mol. The van der Waals surface area contributed by atoms with Gasteiger partial charge in [-0.25, -0.2) is 9.98 Å². The Bertz CT molecular complexity index is 1970. The highest BCUT2D eigenvalue weighted by molar-refractivity contribution is 6.09. The van der Waals surface area contributed by atoms with Crippen molar-refractivity contribution in [2.75, 3.05) is 6.61 Å².